The second-order valence-corrected chi connectivity index (χ2v) is 10.7. The van der Waals surface area contributed by atoms with Crippen LogP contribution in [0.5, 0.6) is 5.75 Å². The van der Waals surface area contributed by atoms with E-state index in [1.807, 2.05) is 38.1 Å². The summed E-state index contributed by atoms with van der Waals surface area (Å²) in [6.45, 7) is 11.5. The molecule has 0 radical (unpaired) electrons. The van der Waals surface area contributed by atoms with Crippen molar-refractivity contribution in [2.75, 3.05) is 33.2 Å². The van der Waals surface area contributed by atoms with Gasteiger partial charge >= 0.3 is 0 Å². The van der Waals surface area contributed by atoms with Gasteiger partial charge < -0.3 is 33.6 Å². The Balaban J connectivity index is 0.00000408. The standard InChI is InChI=1S/C24H35N5O3S.HI/c1-6-18(4)20-16-19(33(31,32)25-14-11-15-29(5,7-2)8-3)17-23(24(20)30)28-26-21-12-9-10-13-22(21)27-28;/h9-10,12-13,16-18,25H,6-8,11,14-15H2,1-5H3;1H. The van der Waals surface area contributed by atoms with Crippen LogP contribution in [0.3, 0.4) is 0 Å². The van der Waals surface area contributed by atoms with E-state index in [-0.39, 0.29) is 46.2 Å². The van der Waals surface area contributed by atoms with Crippen LogP contribution in [0.4, 0.5) is 0 Å². The summed E-state index contributed by atoms with van der Waals surface area (Å²) in [5.41, 5.74) is 2.16. The van der Waals surface area contributed by atoms with Gasteiger partial charge in [-0.15, -0.1) is 15.0 Å². The first kappa shape index (κ1) is 28.5. The molecular formula is C24H36IN5O3S. The predicted molar refractivity (Wildman–Crippen MR) is 131 cm³/mol. The van der Waals surface area contributed by atoms with Gasteiger partial charge in [0.15, 0.2) is 0 Å². The molecule has 34 heavy (non-hydrogen) atoms. The van der Waals surface area contributed by atoms with E-state index in [2.05, 4.69) is 35.8 Å². The summed E-state index contributed by atoms with van der Waals surface area (Å²) in [6, 6.07) is 10.4. The van der Waals surface area contributed by atoms with Gasteiger partial charge in [0, 0.05) is 18.5 Å². The third-order valence-electron chi connectivity index (χ3n) is 6.74. The number of quaternary nitrogens is 1. The first-order valence-electron chi connectivity index (χ1n) is 11.7. The number of sulfonamides is 1. The number of aromatic hydroxyl groups is 1. The number of aromatic nitrogens is 3. The van der Waals surface area contributed by atoms with Crippen molar-refractivity contribution in [3.8, 4) is 11.4 Å². The van der Waals surface area contributed by atoms with Crippen molar-refractivity contribution in [1.82, 2.24) is 19.7 Å². The third-order valence-corrected chi connectivity index (χ3v) is 8.18. The molecule has 0 aliphatic rings. The highest BCUT2D eigenvalue weighted by Crippen LogP contribution is 2.35. The molecule has 0 spiro atoms. The summed E-state index contributed by atoms with van der Waals surface area (Å²) in [7, 11) is -1.59. The number of nitrogens with one attached hydrogen (secondary N) is 1. The summed E-state index contributed by atoms with van der Waals surface area (Å²) in [4.78, 5) is 1.42. The second kappa shape index (κ2) is 11.8. The molecule has 1 unspecified atom stereocenters. The third kappa shape index (κ3) is 6.27. The van der Waals surface area contributed by atoms with E-state index in [1.54, 1.807) is 6.07 Å². The Morgan fingerprint density at radius 3 is 2.21 bits per heavy atom. The molecule has 0 fully saturated rings. The summed E-state index contributed by atoms with van der Waals surface area (Å²) in [5.74, 6) is -0.0291. The van der Waals surface area contributed by atoms with E-state index in [0.29, 0.717) is 23.1 Å². The predicted octanol–water partition coefficient (Wildman–Crippen LogP) is 0.798. The quantitative estimate of drug-likeness (QED) is 0.193. The van der Waals surface area contributed by atoms with E-state index in [9.17, 15) is 13.5 Å². The lowest BCUT2D eigenvalue weighted by atomic mass is 9.97. The van der Waals surface area contributed by atoms with Gasteiger partial charge in [-0.2, -0.15) is 0 Å². The molecule has 3 aromatic rings. The zero-order valence-electron chi connectivity index (χ0n) is 20.6. The molecule has 0 amide bonds. The molecule has 3 rings (SSSR count). The Hall–Kier alpha value is -1.76. The Morgan fingerprint density at radius 1 is 1.09 bits per heavy atom. The van der Waals surface area contributed by atoms with Crippen molar-refractivity contribution in [3.63, 3.8) is 0 Å². The average Bonchev–Trinajstić information content (AvgIpc) is 3.25. The van der Waals surface area contributed by atoms with E-state index in [1.165, 1.54) is 10.9 Å². The van der Waals surface area contributed by atoms with Gasteiger partial charge in [0.2, 0.25) is 10.0 Å². The molecule has 1 aromatic heterocycles. The molecule has 10 heteroatoms. The summed E-state index contributed by atoms with van der Waals surface area (Å²) >= 11 is 0. The minimum atomic E-state index is -3.77. The molecule has 8 nitrogen and oxygen atoms in total. The lowest BCUT2D eigenvalue weighted by molar-refractivity contribution is -0.906. The molecule has 188 valence electrons. The van der Waals surface area contributed by atoms with Crippen LogP contribution >= 0.6 is 0 Å². The maximum absolute atomic E-state index is 13.2. The van der Waals surface area contributed by atoms with Crippen molar-refractivity contribution in [2.45, 2.75) is 51.3 Å². The molecule has 0 aliphatic heterocycles. The number of benzene rings is 2. The largest absolute Gasteiger partial charge is 1.00 e. The zero-order valence-corrected chi connectivity index (χ0v) is 23.6. The minimum absolute atomic E-state index is 0. The smallest absolute Gasteiger partial charge is 0.240 e. The highest BCUT2D eigenvalue weighted by Gasteiger charge is 2.24. The maximum Gasteiger partial charge on any atom is 0.240 e. The highest BCUT2D eigenvalue weighted by molar-refractivity contribution is 7.89. The van der Waals surface area contributed by atoms with E-state index in [4.69, 9.17) is 0 Å². The number of hydrogen-bond acceptors (Lipinski definition) is 5. The lowest BCUT2D eigenvalue weighted by Crippen LogP contribution is -3.00. The van der Waals surface area contributed by atoms with Gasteiger partial charge in [0.25, 0.3) is 0 Å². The fourth-order valence-electron chi connectivity index (χ4n) is 3.78. The minimum Gasteiger partial charge on any atom is -1.00 e. The zero-order chi connectivity index (χ0) is 24.2. The number of halogens is 1. The number of hydrogen-bond donors (Lipinski definition) is 2. The molecule has 2 aromatic carbocycles. The molecule has 0 bridgehead atoms. The van der Waals surface area contributed by atoms with E-state index in [0.717, 1.165) is 37.0 Å². The fraction of sp³-hybridized carbons (Fsp3) is 0.500. The molecule has 0 saturated heterocycles. The SMILES string of the molecule is CCC(C)c1cc(S(=O)(=O)NCCC[N+](C)(CC)CC)cc(-n2nc3ccccc3n2)c1O.[I-]. The van der Waals surface area contributed by atoms with Crippen LogP contribution in [0.25, 0.3) is 16.7 Å². The Kier molecular flexibility index (Phi) is 9.87. The Morgan fingerprint density at radius 2 is 1.68 bits per heavy atom. The number of nitrogens with zero attached hydrogens (tertiary/aromatic N) is 4. The van der Waals surface area contributed by atoms with Gasteiger partial charge in [-0.1, -0.05) is 26.0 Å². The highest BCUT2D eigenvalue weighted by atomic mass is 127. The molecular weight excluding hydrogens is 565 g/mol. The van der Waals surface area contributed by atoms with Gasteiger partial charge in [0.1, 0.15) is 22.5 Å². The Bertz CT molecular complexity index is 1180. The molecule has 1 atom stereocenters. The van der Waals surface area contributed by atoms with E-state index >= 15 is 0 Å². The summed E-state index contributed by atoms with van der Waals surface area (Å²) < 4.78 is 30.0. The van der Waals surface area contributed by atoms with E-state index < -0.39 is 10.0 Å². The van der Waals surface area contributed by atoms with Crippen LogP contribution in [-0.2, 0) is 10.0 Å². The number of phenolic OH excluding ortho intramolecular Hbond substituents is 1. The number of phenols is 1. The lowest BCUT2D eigenvalue weighted by Gasteiger charge is -2.32. The molecule has 1 heterocycles. The second-order valence-electron chi connectivity index (χ2n) is 8.89. The molecule has 0 saturated carbocycles. The van der Waals surface area contributed by atoms with Gasteiger partial charge in [0.05, 0.1) is 31.6 Å². The van der Waals surface area contributed by atoms with Gasteiger partial charge in [-0.3, -0.25) is 0 Å². The van der Waals surface area contributed by atoms with Crippen LogP contribution < -0.4 is 28.7 Å². The number of rotatable bonds is 11. The van der Waals surface area contributed by atoms with Crippen LogP contribution in [-0.4, -0.2) is 66.2 Å². The summed E-state index contributed by atoms with van der Waals surface area (Å²) in [5, 5.41) is 19.9. The first-order valence-corrected chi connectivity index (χ1v) is 13.1. The van der Waals surface area contributed by atoms with Gasteiger partial charge in [-0.05, 0) is 50.5 Å². The van der Waals surface area contributed by atoms with Crippen LogP contribution in [0.2, 0.25) is 0 Å². The topological polar surface area (TPSA) is 97.1 Å². The molecule has 2 N–H and O–H groups in total. The average molecular weight is 602 g/mol. The number of fused-ring (bicyclic) bond motifs is 1. The van der Waals surface area contributed by atoms with Crippen LogP contribution in [0.15, 0.2) is 41.3 Å². The van der Waals surface area contributed by atoms with Crippen molar-refractivity contribution >= 4 is 21.1 Å². The van der Waals surface area contributed by atoms with Crippen LogP contribution in [0.1, 0.15) is 52.0 Å². The van der Waals surface area contributed by atoms with Crippen molar-refractivity contribution in [3.05, 3.63) is 42.0 Å². The molecule has 0 aliphatic carbocycles. The van der Waals surface area contributed by atoms with Crippen molar-refractivity contribution < 1.29 is 42.0 Å². The normalized spacial score (nSPS) is 13.1. The van der Waals surface area contributed by atoms with Crippen molar-refractivity contribution in [1.29, 1.82) is 0 Å². The van der Waals surface area contributed by atoms with Crippen molar-refractivity contribution in [2.24, 2.45) is 0 Å². The monoisotopic (exact) mass is 601 g/mol. The van der Waals surface area contributed by atoms with Gasteiger partial charge in [-0.25, -0.2) is 13.1 Å². The Labute approximate surface area is 220 Å². The maximum atomic E-state index is 13.2. The summed E-state index contributed by atoms with van der Waals surface area (Å²) in [6.07, 6.45) is 1.50. The fourth-order valence-corrected chi connectivity index (χ4v) is 4.90. The van der Waals surface area contributed by atoms with Crippen LogP contribution in [0, 0.1) is 0 Å². The first-order chi connectivity index (χ1) is 15.6.